The van der Waals surface area contributed by atoms with Gasteiger partial charge in [0, 0.05) is 16.9 Å². The lowest BCUT2D eigenvalue weighted by atomic mass is 10.0. The van der Waals surface area contributed by atoms with Crippen LogP contribution in [0, 0.1) is 5.92 Å². The van der Waals surface area contributed by atoms with Gasteiger partial charge in [0.1, 0.15) is 6.04 Å². The molecule has 2 N–H and O–H groups in total. The zero-order valence-corrected chi connectivity index (χ0v) is 11.8. The number of aliphatic carboxylic acids is 1. The molecule has 0 spiro atoms. The van der Waals surface area contributed by atoms with Crippen molar-refractivity contribution in [3.63, 3.8) is 0 Å². The predicted octanol–water partition coefficient (Wildman–Crippen LogP) is 2.07. The van der Waals surface area contributed by atoms with Crippen molar-refractivity contribution in [1.29, 1.82) is 0 Å². The second kappa shape index (κ2) is 6.49. The minimum atomic E-state index is -1.03. The van der Waals surface area contributed by atoms with E-state index in [2.05, 4.69) is 26.2 Å². The molecular formula is C12H15BrN2O3. The Kier molecular flexibility index (Phi) is 5.27. The number of nitrogens with one attached hydrogen (secondary N) is 1. The lowest BCUT2D eigenvalue weighted by Crippen LogP contribution is -2.41. The molecule has 1 aromatic rings. The van der Waals surface area contributed by atoms with Gasteiger partial charge in [-0.25, -0.2) is 4.79 Å². The van der Waals surface area contributed by atoms with Crippen LogP contribution in [0.1, 0.15) is 30.6 Å². The minimum absolute atomic E-state index is 0.187. The summed E-state index contributed by atoms with van der Waals surface area (Å²) in [4.78, 5) is 26.8. The average molecular weight is 315 g/mol. The molecule has 0 aromatic carbocycles. The molecule has 98 valence electrons. The van der Waals surface area contributed by atoms with Gasteiger partial charge in [0.2, 0.25) is 0 Å². The lowest BCUT2D eigenvalue weighted by Gasteiger charge is -2.16. The Morgan fingerprint density at radius 2 is 2.17 bits per heavy atom. The molecule has 1 rings (SSSR count). The molecule has 6 heteroatoms. The van der Waals surface area contributed by atoms with Crippen molar-refractivity contribution >= 4 is 27.8 Å². The largest absolute Gasteiger partial charge is 0.480 e. The summed E-state index contributed by atoms with van der Waals surface area (Å²) in [5, 5.41) is 11.6. The van der Waals surface area contributed by atoms with Crippen LogP contribution in [0.4, 0.5) is 0 Å². The van der Waals surface area contributed by atoms with E-state index in [9.17, 15) is 9.59 Å². The summed E-state index contributed by atoms with van der Waals surface area (Å²) in [6.45, 7) is 3.81. The molecule has 0 unspecified atom stereocenters. The maximum absolute atomic E-state index is 11.9. The van der Waals surface area contributed by atoms with Crippen molar-refractivity contribution in [2.45, 2.75) is 26.3 Å². The summed E-state index contributed by atoms with van der Waals surface area (Å²) in [7, 11) is 0. The van der Waals surface area contributed by atoms with Crippen LogP contribution in [0.2, 0.25) is 0 Å². The molecule has 0 fully saturated rings. The maximum atomic E-state index is 11.9. The van der Waals surface area contributed by atoms with Crippen molar-refractivity contribution in [2.75, 3.05) is 0 Å². The van der Waals surface area contributed by atoms with Crippen molar-refractivity contribution in [3.8, 4) is 0 Å². The van der Waals surface area contributed by atoms with Crippen LogP contribution in [0.25, 0.3) is 0 Å². The fraction of sp³-hybridized carbons (Fsp3) is 0.417. The van der Waals surface area contributed by atoms with Gasteiger partial charge < -0.3 is 10.4 Å². The van der Waals surface area contributed by atoms with Crippen molar-refractivity contribution in [2.24, 2.45) is 5.92 Å². The van der Waals surface area contributed by atoms with Crippen LogP contribution in [0.3, 0.4) is 0 Å². The van der Waals surface area contributed by atoms with E-state index in [1.54, 1.807) is 0 Å². The third-order valence-corrected chi connectivity index (χ3v) is 2.96. The first-order valence-electron chi connectivity index (χ1n) is 5.55. The van der Waals surface area contributed by atoms with Crippen molar-refractivity contribution in [3.05, 3.63) is 28.5 Å². The highest BCUT2D eigenvalue weighted by Crippen LogP contribution is 2.15. The molecule has 1 atom stereocenters. The van der Waals surface area contributed by atoms with Crippen LogP contribution in [0.5, 0.6) is 0 Å². The number of carboxylic acid groups (broad SMARTS) is 1. The van der Waals surface area contributed by atoms with E-state index in [1.807, 2.05) is 13.8 Å². The van der Waals surface area contributed by atoms with Gasteiger partial charge in [0.15, 0.2) is 0 Å². The van der Waals surface area contributed by atoms with Crippen LogP contribution < -0.4 is 5.32 Å². The van der Waals surface area contributed by atoms with E-state index in [0.717, 1.165) is 0 Å². The normalized spacial score (nSPS) is 12.2. The molecule has 0 aliphatic heterocycles. The monoisotopic (exact) mass is 314 g/mol. The molecule has 5 nitrogen and oxygen atoms in total. The molecule has 1 amide bonds. The van der Waals surface area contributed by atoms with E-state index < -0.39 is 17.9 Å². The first-order chi connectivity index (χ1) is 8.41. The molecule has 1 aromatic heterocycles. The predicted molar refractivity (Wildman–Crippen MR) is 70.3 cm³/mol. The number of pyridine rings is 1. The Hall–Kier alpha value is -1.43. The standard InChI is InChI=1S/C12H15BrN2O3/c1-7(2)5-10(12(17)18)15-11(16)8-3-4-14-6-9(8)13/h3-4,6-7,10H,5H2,1-2H3,(H,15,16)(H,17,18)/t10-/m0/s1. The van der Waals surface area contributed by atoms with Crippen LogP contribution in [-0.4, -0.2) is 28.0 Å². The highest BCUT2D eigenvalue weighted by atomic mass is 79.9. The average Bonchev–Trinajstić information content (AvgIpc) is 2.27. The van der Waals surface area contributed by atoms with E-state index in [4.69, 9.17) is 5.11 Å². The second-order valence-electron chi connectivity index (χ2n) is 4.35. The number of carbonyl (C=O) groups is 2. The number of amides is 1. The van der Waals surface area contributed by atoms with Crippen LogP contribution >= 0.6 is 15.9 Å². The smallest absolute Gasteiger partial charge is 0.326 e. The van der Waals surface area contributed by atoms with Gasteiger partial charge in [-0.1, -0.05) is 13.8 Å². The third-order valence-electron chi connectivity index (χ3n) is 2.33. The SMILES string of the molecule is CC(C)C[C@H](NC(=O)c1ccncc1Br)C(=O)O. The molecule has 0 bridgehead atoms. The molecule has 1 heterocycles. The number of hydrogen-bond donors (Lipinski definition) is 2. The fourth-order valence-electron chi connectivity index (χ4n) is 1.49. The lowest BCUT2D eigenvalue weighted by molar-refractivity contribution is -0.139. The summed E-state index contributed by atoms with van der Waals surface area (Å²) >= 11 is 3.20. The second-order valence-corrected chi connectivity index (χ2v) is 5.20. The van der Waals surface area contributed by atoms with E-state index >= 15 is 0 Å². The first kappa shape index (κ1) is 14.6. The molecular weight excluding hydrogens is 300 g/mol. The Bertz CT molecular complexity index is 449. The first-order valence-corrected chi connectivity index (χ1v) is 6.34. The number of carboxylic acids is 1. The highest BCUT2D eigenvalue weighted by molar-refractivity contribution is 9.10. The summed E-state index contributed by atoms with van der Waals surface area (Å²) in [5.41, 5.74) is 0.375. The van der Waals surface area contributed by atoms with E-state index in [1.165, 1.54) is 18.5 Å². The third kappa shape index (κ3) is 4.10. The van der Waals surface area contributed by atoms with E-state index in [-0.39, 0.29) is 5.92 Å². The minimum Gasteiger partial charge on any atom is -0.480 e. The molecule has 0 radical (unpaired) electrons. The van der Waals surface area contributed by atoms with Crippen molar-refractivity contribution < 1.29 is 14.7 Å². The summed E-state index contributed by atoms with van der Waals surface area (Å²) in [6, 6.07) is 0.658. The number of rotatable bonds is 5. The zero-order valence-electron chi connectivity index (χ0n) is 10.2. The Labute approximate surface area is 114 Å². The fourth-order valence-corrected chi connectivity index (χ4v) is 1.92. The van der Waals surface area contributed by atoms with Gasteiger partial charge in [0.25, 0.3) is 5.91 Å². The number of halogens is 1. The number of carbonyl (C=O) groups excluding carboxylic acids is 1. The Morgan fingerprint density at radius 1 is 1.50 bits per heavy atom. The van der Waals surface area contributed by atoms with Gasteiger partial charge in [0.05, 0.1) is 5.56 Å². The quantitative estimate of drug-likeness (QED) is 0.872. The van der Waals surface area contributed by atoms with Crippen LogP contribution in [-0.2, 0) is 4.79 Å². The number of nitrogens with zero attached hydrogens (tertiary/aromatic N) is 1. The Morgan fingerprint density at radius 3 is 2.67 bits per heavy atom. The molecule has 0 aliphatic carbocycles. The van der Waals surface area contributed by atoms with Gasteiger partial charge >= 0.3 is 5.97 Å². The van der Waals surface area contributed by atoms with Crippen molar-refractivity contribution in [1.82, 2.24) is 10.3 Å². The number of aromatic nitrogens is 1. The molecule has 0 saturated carbocycles. The maximum Gasteiger partial charge on any atom is 0.326 e. The molecule has 18 heavy (non-hydrogen) atoms. The highest BCUT2D eigenvalue weighted by Gasteiger charge is 2.22. The van der Waals surface area contributed by atoms with Gasteiger partial charge in [-0.15, -0.1) is 0 Å². The topological polar surface area (TPSA) is 79.3 Å². The summed E-state index contributed by atoms with van der Waals surface area (Å²) < 4.78 is 0.538. The van der Waals surface area contributed by atoms with Gasteiger partial charge in [-0.2, -0.15) is 0 Å². The van der Waals surface area contributed by atoms with Gasteiger partial charge in [-0.05, 0) is 34.3 Å². The Balaban J connectivity index is 2.79. The summed E-state index contributed by atoms with van der Waals surface area (Å²) in [5.74, 6) is -1.26. The van der Waals surface area contributed by atoms with Gasteiger partial charge in [-0.3, -0.25) is 9.78 Å². The molecule has 0 saturated heterocycles. The number of hydrogen-bond acceptors (Lipinski definition) is 3. The summed E-state index contributed by atoms with van der Waals surface area (Å²) in [6.07, 6.45) is 3.37. The molecule has 0 aliphatic rings. The zero-order chi connectivity index (χ0) is 13.7. The van der Waals surface area contributed by atoms with E-state index in [0.29, 0.717) is 16.5 Å². The van der Waals surface area contributed by atoms with Crippen LogP contribution in [0.15, 0.2) is 22.9 Å².